The highest BCUT2D eigenvalue weighted by molar-refractivity contribution is 4.84. The molecule has 0 fully saturated rings. The van der Waals surface area contributed by atoms with Gasteiger partial charge in [-0.2, -0.15) is 145 Å². The molecule has 0 aromatic carbocycles. The summed E-state index contributed by atoms with van der Waals surface area (Å²) < 4.78 is 382. The highest BCUT2D eigenvalue weighted by Crippen LogP contribution is 2.49. The Hall–Kier alpha value is -2.31. The molecule has 0 radical (unpaired) electrons. The van der Waals surface area contributed by atoms with Crippen molar-refractivity contribution in [3.8, 4) is 0 Å². The standard InChI is InChI=1S/C7H13F3.C7H16.2C6H8F6.2C6H11F3.4C6H14.C5H6F6.2C5H9F3.C5H12/c1-2-3-4-5-6-7(8,9)10;1-4-5-6-7(2)3;1-4(6(10,11)12)2-3-5(7,8)9;1-2-3-4(5(7,8)9)6(10,11)12;1-3-4-5(2)6(7,8)9;1-2-3-4-5-6(7,8)9;2*1-5-6(2,3)4;1-5(2)6(3)4;1-4-6(3)5-2;1-3(2,4(6,7)8)5(9,10)11;1-4(2,3)5(6,7)8;1-3-4(2)5(6,7)8;1-4-5(2)3/h2-6H2,1H3;7H,4-6H2,1-3H3;2*4H,2-3H2,1H3;5H,3-4H2,1-2H3;2-5H2,1H3;2*5H2,1-4H3;5-6H,1-4H3;6H,4-5H2,1-3H3;1-2H3;1-3H3;4H,3H2,1-2H3;5H,4H2,1-3H3. The van der Waals surface area contributed by atoms with Crippen LogP contribution >= 0.6 is 0 Å². The van der Waals surface area contributed by atoms with E-state index in [1.165, 1.54) is 79.1 Å². The molecule has 0 aliphatic rings. The van der Waals surface area contributed by atoms with Gasteiger partial charge in [-0.05, 0) is 92.8 Å². The van der Waals surface area contributed by atoms with Crippen molar-refractivity contribution in [2.24, 2.45) is 74.9 Å². The molecule has 0 heterocycles. The molecule has 0 N–H and O–H groups in total. The summed E-state index contributed by atoms with van der Waals surface area (Å²) in [5.74, 6) is -2.92. The maximum absolute atomic E-state index is 11.7. The molecule has 0 bridgehead atoms. The van der Waals surface area contributed by atoms with Crippen molar-refractivity contribution in [2.75, 3.05) is 0 Å². The molecule has 0 nitrogen and oxygen atoms in total. The topological polar surface area (TPSA) is 0 Å². The zero-order valence-electron chi connectivity index (χ0n) is 76.1. The average molecular weight is 1770 g/mol. The fraction of sp³-hybridized carbons (Fsp3) is 1.00. The summed E-state index contributed by atoms with van der Waals surface area (Å²) in [7, 11) is 0. The molecule has 0 rings (SSSR count). The minimum Gasteiger partial charge on any atom is -0.171 e. The van der Waals surface area contributed by atoms with E-state index in [1.807, 2.05) is 13.8 Å². The van der Waals surface area contributed by atoms with Crippen LogP contribution in [0.3, 0.4) is 0 Å². The van der Waals surface area contributed by atoms with E-state index in [9.17, 15) is 145 Å². The van der Waals surface area contributed by atoms with Gasteiger partial charge in [0.1, 0.15) is 0 Å². The third-order valence-corrected chi connectivity index (χ3v) is 16.7. The molecule has 0 spiro atoms. The highest BCUT2D eigenvalue weighted by Gasteiger charge is 2.64. The lowest BCUT2D eigenvalue weighted by molar-refractivity contribution is -0.327. The lowest BCUT2D eigenvalue weighted by Crippen LogP contribution is -2.44. The molecular formula is C82H159F33. The van der Waals surface area contributed by atoms with Gasteiger partial charge in [-0.25, -0.2) is 0 Å². The molecule has 0 aromatic heterocycles. The second kappa shape index (κ2) is 71.1. The normalized spacial score (nSPS) is 13.3. The quantitative estimate of drug-likeness (QED) is 0.0794. The predicted octanol–water partition coefficient (Wildman–Crippen LogP) is 39.5. The summed E-state index contributed by atoms with van der Waals surface area (Å²) in [5.41, 5.74) is -4.10. The summed E-state index contributed by atoms with van der Waals surface area (Å²) in [4.78, 5) is 0. The van der Waals surface area contributed by atoms with Gasteiger partial charge in [0, 0.05) is 19.3 Å². The van der Waals surface area contributed by atoms with Gasteiger partial charge in [-0.15, -0.1) is 0 Å². The fourth-order valence-electron chi connectivity index (χ4n) is 4.56. The van der Waals surface area contributed by atoms with E-state index in [0.29, 0.717) is 30.1 Å². The van der Waals surface area contributed by atoms with E-state index in [0.717, 1.165) is 76.5 Å². The number of unbranched alkanes of at least 4 members (excludes halogenated alkanes) is 6. The molecular weight excluding hydrogens is 1610 g/mol. The molecule has 3 atom stereocenters. The zero-order valence-corrected chi connectivity index (χ0v) is 76.1. The molecule has 718 valence electrons. The van der Waals surface area contributed by atoms with E-state index in [4.69, 9.17) is 0 Å². The first kappa shape index (κ1) is 144. The van der Waals surface area contributed by atoms with Gasteiger partial charge in [0.15, 0.2) is 11.3 Å². The van der Waals surface area contributed by atoms with Crippen molar-refractivity contribution in [3.63, 3.8) is 0 Å². The SMILES string of the molecule is CC(C)(C(F)(F)F)C(F)(F)F.CC(C)(C)C(F)(F)F.CC(C)C(C)C.CC(CCC(F)(F)F)C(F)(F)F.CCC(C)(C)C.CCC(C)(C)C.CCC(C)C.CCC(C)C(F)(F)F.CCC(C)CC.CCCC(C(F)(F)F)C(F)(F)F.CCCC(C)C(F)(F)F.CCCCC(C)C.CCCCCC(F)(F)F.CCCCCCC(F)(F)F. The first-order valence-electron chi connectivity index (χ1n) is 40.0. The van der Waals surface area contributed by atoms with Crippen LogP contribution in [0.1, 0.15) is 390 Å². The molecule has 0 amide bonds. The van der Waals surface area contributed by atoms with Crippen LogP contribution in [0.5, 0.6) is 0 Å². The van der Waals surface area contributed by atoms with Gasteiger partial charge >= 0.3 is 67.9 Å². The van der Waals surface area contributed by atoms with E-state index in [2.05, 4.69) is 145 Å². The average Bonchev–Trinajstić information content (AvgIpc) is 0.786. The molecule has 115 heavy (non-hydrogen) atoms. The second-order valence-electron chi connectivity index (χ2n) is 33.5. The van der Waals surface area contributed by atoms with Gasteiger partial charge in [0.05, 0.1) is 23.2 Å². The van der Waals surface area contributed by atoms with Crippen LogP contribution < -0.4 is 0 Å². The molecule has 0 aliphatic heterocycles. The largest absolute Gasteiger partial charge is 0.402 e. The fourth-order valence-corrected chi connectivity index (χ4v) is 4.56. The summed E-state index contributed by atoms with van der Waals surface area (Å²) in [6, 6.07) is 0. The Morgan fingerprint density at radius 2 is 0.470 bits per heavy atom. The molecule has 0 aliphatic carbocycles. The van der Waals surface area contributed by atoms with Crippen LogP contribution in [-0.4, -0.2) is 67.9 Å². The van der Waals surface area contributed by atoms with Crippen LogP contribution in [0.4, 0.5) is 145 Å². The highest BCUT2D eigenvalue weighted by atomic mass is 19.5. The van der Waals surface area contributed by atoms with Crippen molar-refractivity contribution in [1.29, 1.82) is 0 Å². The summed E-state index contributed by atoms with van der Waals surface area (Å²) in [6.45, 7) is 62.2. The molecule has 3 unspecified atom stereocenters. The van der Waals surface area contributed by atoms with E-state index in [1.54, 1.807) is 6.92 Å². The van der Waals surface area contributed by atoms with E-state index in [-0.39, 0.29) is 46.0 Å². The van der Waals surface area contributed by atoms with Gasteiger partial charge in [-0.1, -0.05) is 318 Å². The molecule has 0 saturated carbocycles. The van der Waals surface area contributed by atoms with E-state index < -0.39 is 135 Å². The molecule has 33 heteroatoms. The van der Waals surface area contributed by atoms with Crippen LogP contribution in [0.2, 0.25) is 0 Å². The van der Waals surface area contributed by atoms with Crippen molar-refractivity contribution in [2.45, 2.75) is 457 Å². The zero-order chi connectivity index (χ0) is 96.7. The Morgan fingerprint density at radius 1 is 0.226 bits per heavy atom. The van der Waals surface area contributed by atoms with E-state index >= 15 is 0 Å². The first-order chi connectivity index (χ1) is 50.3. The van der Waals surface area contributed by atoms with Crippen molar-refractivity contribution < 1.29 is 145 Å². The van der Waals surface area contributed by atoms with Crippen molar-refractivity contribution in [3.05, 3.63) is 0 Å². The summed E-state index contributed by atoms with van der Waals surface area (Å²) in [5, 5.41) is 0. The third-order valence-electron chi connectivity index (χ3n) is 16.7. The predicted molar refractivity (Wildman–Crippen MR) is 411 cm³/mol. The number of rotatable bonds is 21. The Morgan fingerprint density at radius 3 is 0.574 bits per heavy atom. The summed E-state index contributed by atoms with van der Waals surface area (Å²) >= 11 is 0. The van der Waals surface area contributed by atoms with Crippen LogP contribution in [0.15, 0.2) is 0 Å². The monoisotopic (exact) mass is 1770 g/mol. The molecule has 0 saturated heterocycles. The number of alkyl halides is 33. The third kappa shape index (κ3) is 130. The van der Waals surface area contributed by atoms with Crippen LogP contribution in [0.25, 0.3) is 0 Å². The minimum atomic E-state index is -5.24. The Balaban J connectivity index is -0.0000000802. The van der Waals surface area contributed by atoms with Gasteiger partial charge in [-0.3, -0.25) is 0 Å². The van der Waals surface area contributed by atoms with Gasteiger partial charge in [0.2, 0.25) is 0 Å². The Kier molecular flexibility index (Phi) is 89.3. The number of halogens is 33. The second-order valence-corrected chi connectivity index (χ2v) is 33.5. The number of hydrogen-bond donors (Lipinski definition) is 0. The van der Waals surface area contributed by atoms with Gasteiger partial charge < -0.3 is 0 Å². The van der Waals surface area contributed by atoms with Crippen molar-refractivity contribution >= 4 is 0 Å². The summed E-state index contributed by atoms with van der Waals surface area (Å²) in [6.07, 6.45) is -38.0. The maximum Gasteiger partial charge on any atom is 0.402 e. The first-order valence-corrected chi connectivity index (χ1v) is 40.0. The lowest BCUT2D eigenvalue weighted by atomic mass is 9.92. The maximum atomic E-state index is 11.7. The Bertz CT molecular complexity index is 1900. The molecule has 0 aromatic rings. The number of hydrogen-bond acceptors (Lipinski definition) is 0. The van der Waals surface area contributed by atoms with Crippen LogP contribution in [-0.2, 0) is 0 Å². The smallest absolute Gasteiger partial charge is 0.171 e. The van der Waals surface area contributed by atoms with Crippen LogP contribution in [0, 0.1) is 74.9 Å². The van der Waals surface area contributed by atoms with Gasteiger partial charge in [0.25, 0.3) is 0 Å². The lowest BCUT2D eigenvalue weighted by Gasteiger charge is -2.29. The minimum absolute atomic E-state index is 0.104. The van der Waals surface area contributed by atoms with Crippen molar-refractivity contribution in [1.82, 2.24) is 0 Å². The Labute approximate surface area is 675 Å².